The first-order valence-corrected chi connectivity index (χ1v) is 12.2. The lowest BCUT2D eigenvalue weighted by Crippen LogP contribution is -2.33. The van der Waals surface area contributed by atoms with Gasteiger partial charge in [0, 0.05) is 35.8 Å². The largest absolute Gasteiger partial charge is 0.357 e. The van der Waals surface area contributed by atoms with Crippen molar-refractivity contribution >= 4 is 34.9 Å². The molecule has 3 aromatic heterocycles. The number of nitrogens with one attached hydrogen (secondary N) is 1. The predicted molar refractivity (Wildman–Crippen MR) is 133 cm³/mol. The maximum Gasteiger partial charge on any atom is 0.249 e. The Morgan fingerprint density at radius 1 is 0.971 bits per heavy atom. The van der Waals surface area contributed by atoms with E-state index in [4.69, 9.17) is 16.6 Å². The Balaban J connectivity index is 1.16. The van der Waals surface area contributed by atoms with E-state index in [9.17, 15) is 4.79 Å². The van der Waals surface area contributed by atoms with Crippen molar-refractivity contribution in [3.05, 3.63) is 71.4 Å². The fourth-order valence-electron chi connectivity index (χ4n) is 4.64. The van der Waals surface area contributed by atoms with E-state index in [2.05, 4.69) is 44.6 Å². The van der Waals surface area contributed by atoms with E-state index in [1.807, 2.05) is 36.5 Å². The molecule has 0 unspecified atom stereocenters. The molecule has 1 aliphatic heterocycles. The fourth-order valence-corrected chi connectivity index (χ4v) is 4.76. The van der Waals surface area contributed by atoms with Crippen molar-refractivity contribution in [1.29, 1.82) is 0 Å². The maximum absolute atomic E-state index is 12.1. The fraction of sp³-hybridized carbons (Fsp3) is 0.308. The van der Waals surface area contributed by atoms with Crippen LogP contribution in [0.4, 0.5) is 11.8 Å². The molecule has 1 saturated heterocycles. The zero-order chi connectivity index (χ0) is 23.1. The quantitative estimate of drug-likeness (QED) is 0.433. The van der Waals surface area contributed by atoms with Gasteiger partial charge in [-0.25, -0.2) is 9.50 Å². The van der Waals surface area contributed by atoms with Crippen LogP contribution in [0.25, 0.3) is 16.9 Å². The first kappa shape index (κ1) is 21.1. The number of piperidine rings is 1. The van der Waals surface area contributed by atoms with E-state index in [0.717, 1.165) is 60.9 Å². The molecule has 0 atom stereocenters. The van der Waals surface area contributed by atoms with Gasteiger partial charge in [-0.05, 0) is 73.6 Å². The number of hydrogen-bond donors (Lipinski definition) is 1. The van der Waals surface area contributed by atoms with Gasteiger partial charge in [-0.2, -0.15) is 4.98 Å². The molecule has 1 aliphatic carbocycles. The molecule has 1 amide bonds. The van der Waals surface area contributed by atoms with Crippen molar-refractivity contribution in [2.75, 3.05) is 23.3 Å². The number of anilines is 2. The van der Waals surface area contributed by atoms with Gasteiger partial charge in [0.2, 0.25) is 11.9 Å². The standard InChI is InChI=1S/C26H25ClN6O/c27-21-9-6-17(7-10-21)18-12-14-32(15-13-18)23-11-8-20(16-28-23)22-2-1-3-24-29-26(31-33(22)24)30-25(34)19-4-5-19/h1-3,6-11,16,18-19H,4-5,12-15H2,(H,30,31,34). The number of amides is 1. The minimum Gasteiger partial charge on any atom is -0.357 e. The molecule has 4 heterocycles. The molecule has 0 radical (unpaired) electrons. The van der Waals surface area contributed by atoms with Crippen LogP contribution in [0, 0.1) is 5.92 Å². The highest BCUT2D eigenvalue weighted by atomic mass is 35.5. The SMILES string of the molecule is O=C(Nc1nc2cccc(-c3ccc(N4CCC(c5ccc(Cl)cc5)CC4)nc3)n2n1)C1CC1. The van der Waals surface area contributed by atoms with E-state index < -0.39 is 0 Å². The summed E-state index contributed by atoms with van der Waals surface area (Å²) in [7, 11) is 0. The van der Waals surface area contributed by atoms with Gasteiger partial charge < -0.3 is 4.90 Å². The number of rotatable bonds is 5. The number of fused-ring (bicyclic) bond motifs is 1. The molecule has 1 saturated carbocycles. The summed E-state index contributed by atoms with van der Waals surface area (Å²) >= 11 is 6.04. The van der Waals surface area contributed by atoms with Crippen molar-refractivity contribution in [2.45, 2.75) is 31.6 Å². The summed E-state index contributed by atoms with van der Waals surface area (Å²) in [5.74, 6) is 2.01. The highest BCUT2D eigenvalue weighted by Crippen LogP contribution is 2.32. The lowest BCUT2D eigenvalue weighted by Gasteiger charge is -2.33. The minimum absolute atomic E-state index is 0.00306. The summed E-state index contributed by atoms with van der Waals surface area (Å²) in [6, 6.07) is 18.2. The van der Waals surface area contributed by atoms with Crippen LogP contribution in [-0.2, 0) is 4.79 Å². The normalized spacial score (nSPS) is 16.7. The van der Waals surface area contributed by atoms with Crippen LogP contribution < -0.4 is 10.2 Å². The third kappa shape index (κ3) is 4.23. The van der Waals surface area contributed by atoms with Crippen LogP contribution in [0.3, 0.4) is 0 Å². The molecule has 1 N–H and O–H groups in total. The van der Waals surface area contributed by atoms with Crippen molar-refractivity contribution in [3.8, 4) is 11.3 Å². The molecule has 1 aromatic carbocycles. The van der Waals surface area contributed by atoms with Gasteiger partial charge in [0.05, 0.1) is 5.69 Å². The van der Waals surface area contributed by atoms with Gasteiger partial charge in [-0.1, -0.05) is 29.8 Å². The third-order valence-electron chi connectivity index (χ3n) is 6.75. The van der Waals surface area contributed by atoms with Crippen LogP contribution in [0.1, 0.15) is 37.2 Å². The first-order chi connectivity index (χ1) is 16.6. The molecule has 6 rings (SSSR count). The molecule has 0 spiro atoms. The second kappa shape index (κ2) is 8.72. The summed E-state index contributed by atoms with van der Waals surface area (Å²) in [6.45, 7) is 1.95. The van der Waals surface area contributed by atoms with E-state index in [1.165, 1.54) is 5.56 Å². The van der Waals surface area contributed by atoms with E-state index >= 15 is 0 Å². The van der Waals surface area contributed by atoms with Crippen molar-refractivity contribution < 1.29 is 4.79 Å². The molecule has 7 nitrogen and oxygen atoms in total. The number of nitrogens with zero attached hydrogens (tertiary/aromatic N) is 5. The number of benzene rings is 1. The molecular formula is C26H25ClN6O. The molecule has 2 aliphatic rings. The summed E-state index contributed by atoms with van der Waals surface area (Å²) in [5.41, 5.74) is 3.89. The zero-order valence-corrected chi connectivity index (χ0v) is 19.4. The van der Waals surface area contributed by atoms with Crippen LogP contribution >= 0.6 is 11.6 Å². The molecule has 172 valence electrons. The second-order valence-corrected chi connectivity index (χ2v) is 9.53. The molecule has 0 bridgehead atoms. The number of halogens is 1. The topological polar surface area (TPSA) is 75.4 Å². The summed E-state index contributed by atoms with van der Waals surface area (Å²) in [5, 5.41) is 8.14. The third-order valence-corrected chi connectivity index (χ3v) is 7.00. The molecule has 4 aromatic rings. The van der Waals surface area contributed by atoms with Gasteiger partial charge in [0.25, 0.3) is 0 Å². The Labute approximate surface area is 202 Å². The Bertz CT molecular complexity index is 1320. The van der Waals surface area contributed by atoms with Gasteiger partial charge >= 0.3 is 0 Å². The van der Waals surface area contributed by atoms with Crippen molar-refractivity contribution in [2.24, 2.45) is 5.92 Å². The summed E-state index contributed by atoms with van der Waals surface area (Å²) < 4.78 is 1.76. The van der Waals surface area contributed by atoms with Gasteiger partial charge in [0.15, 0.2) is 5.65 Å². The summed E-state index contributed by atoms with van der Waals surface area (Å²) in [6.07, 6.45) is 5.97. The van der Waals surface area contributed by atoms with E-state index in [1.54, 1.807) is 4.52 Å². The van der Waals surface area contributed by atoms with Crippen molar-refractivity contribution in [3.63, 3.8) is 0 Å². The van der Waals surface area contributed by atoms with E-state index in [-0.39, 0.29) is 11.8 Å². The highest BCUT2D eigenvalue weighted by molar-refractivity contribution is 6.30. The number of pyridine rings is 2. The molecule has 8 heteroatoms. The summed E-state index contributed by atoms with van der Waals surface area (Å²) in [4.78, 5) is 23.7. The first-order valence-electron chi connectivity index (χ1n) is 11.8. The molecule has 2 fully saturated rings. The average molecular weight is 473 g/mol. The Kier molecular flexibility index (Phi) is 5.41. The lowest BCUT2D eigenvalue weighted by molar-refractivity contribution is -0.117. The number of carbonyl (C=O) groups is 1. The number of aromatic nitrogens is 4. The second-order valence-electron chi connectivity index (χ2n) is 9.10. The molecular weight excluding hydrogens is 448 g/mol. The van der Waals surface area contributed by atoms with Crippen LogP contribution in [0.2, 0.25) is 5.02 Å². The lowest BCUT2D eigenvalue weighted by atomic mass is 9.89. The maximum atomic E-state index is 12.1. The Hall–Kier alpha value is -3.45. The average Bonchev–Trinajstić information content (AvgIpc) is 3.65. The molecule has 34 heavy (non-hydrogen) atoms. The number of carbonyl (C=O) groups excluding carboxylic acids is 1. The monoisotopic (exact) mass is 472 g/mol. The Morgan fingerprint density at radius 2 is 1.76 bits per heavy atom. The zero-order valence-electron chi connectivity index (χ0n) is 18.7. The number of hydrogen-bond acceptors (Lipinski definition) is 5. The van der Waals surface area contributed by atoms with Crippen LogP contribution in [-0.4, -0.2) is 38.6 Å². The smallest absolute Gasteiger partial charge is 0.249 e. The van der Waals surface area contributed by atoms with Crippen LogP contribution in [0.5, 0.6) is 0 Å². The Morgan fingerprint density at radius 3 is 2.47 bits per heavy atom. The minimum atomic E-state index is 0.00306. The van der Waals surface area contributed by atoms with Crippen LogP contribution in [0.15, 0.2) is 60.8 Å². The van der Waals surface area contributed by atoms with Crippen molar-refractivity contribution in [1.82, 2.24) is 19.6 Å². The van der Waals surface area contributed by atoms with Gasteiger partial charge in [-0.15, -0.1) is 5.10 Å². The van der Waals surface area contributed by atoms with Gasteiger partial charge in [0.1, 0.15) is 5.82 Å². The highest BCUT2D eigenvalue weighted by Gasteiger charge is 2.30. The predicted octanol–water partition coefficient (Wildman–Crippen LogP) is 5.18. The van der Waals surface area contributed by atoms with E-state index in [0.29, 0.717) is 17.5 Å². The van der Waals surface area contributed by atoms with Gasteiger partial charge in [-0.3, -0.25) is 10.1 Å².